The van der Waals surface area contributed by atoms with E-state index in [2.05, 4.69) is 22.2 Å². The van der Waals surface area contributed by atoms with Crippen LogP contribution in [0.3, 0.4) is 0 Å². The number of nitrogens with zero attached hydrogens (tertiary/aromatic N) is 2. The number of hydrogen-bond acceptors (Lipinski definition) is 3. The number of amides is 1. The molecule has 0 heterocycles. The zero-order valence-electron chi connectivity index (χ0n) is 14.3. The van der Waals surface area contributed by atoms with Crippen molar-refractivity contribution < 1.29 is 9.90 Å². The maximum Gasteiger partial charge on any atom is 0.246 e. The Kier molecular flexibility index (Phi) is 11.7. The number of benzene rings is 1. The van der Waals surface area contributed by atoms with Crippen LogP contribution >= 0.6 is 24.0 Å². The molecular formula is C17H27IN4O2. The predicted octanol–water partition coefficient (Wildman–Crippen LogP) is 2.81. The topological polar surface area (TPSA) is 77.0 Å². The second-order valence-corrected chi connectivity index (χ2v) is 5.12. The van der Waals surface area contributed by atoms with Crippen molar-refractivity contribution in [2.45, 2.75) is 19.8 Å². The van der Waals surface area contributed by atoms with Crippen molar-refractivity contribution in [3.05, 3.63) is 36.9 Å². The number of phenolic OH excluding ortho intramolecular Hbond substituents is 1. The van der Waals surface area contributed by atoms with Gasteiger partial charge < -0.3 is 20.6 Å². The number of aliphatic imine (C=N–C) groups is 1. The minimum Gasteiger partial charge on any atom is -0.508 e. The van der Waals surface area contributed by atoms with Crippen LogP contribution in [-0.2, 0) is 4.79 Å². The number of unbranched alkanes of at least 4 members (excludes halogenated alkanes) is 1. The summed E-state index contributed by atoms with van der Waals surface area (Å²) < 4.78 is 0. The Labute approximate surface area is 161 Å². The van der Waals surface area contributed by atoms with E-state index in [1.54, 1.807) is 12.1 Å². The molecule has 0 spiro atoms. The highest BCUT2D eigenvalue weighted by Gasteiger charge is 2.07. The fraction of sp³-hybridized carbons (Fsp3) is 0.412. The summed E-state index contributed by atoms with van der Waals surface area (Å²) in [6, 6.07) is 6.33. The van der Waals surface area contributed by atoms with Crippen LogP contribution < -0.4 is 10.6 Å². The molecule has 0 aliphatic rings. The molecule has 0 bridgehead atoms. The normalized spacial score (nSPS) is 10.5. The van der Waals surface area contributed by atoms with Gasteiger partial charge in [-0.2, -0.15) is 0 Å². The molecule has 1 rings (SSSR count). The van der Waals surface area contributed by atoms with E-state index < -0.39 is 0 Å². The molecule has 1 aromatic rings. The van der Waals surface area contributed by atoms with Crippen LogP contribution in [0.25, 0.3) is 0 Å². The van der Waals surface area contributed by atoms with Crippen LogP contribution in [0.2, 0.25) is 0 Å². The molecule has 134 valence electrons. The van der Waals surface area contributed by atoms with E-state index in [4.69, 9.17) is 0 Å². The minimum atomic E-state index is -0.203. The average molecular weight is 446 g/mol. The van der Waals surface area contributed by atoms with Gasteiger partial charge in [0.15, 0.2) is 5.96 Å². The summed E-state index contributed by atoms with van der Waals surface area (Å²) in [6.45, 7) is 7.32. The fourth-order valence-corrected chi connectivity index (χ4v) is 1.94. The average Bonchev–Trinajstić information content (AvgIpc) is 2.53. The van der Waals surface area contributed by atoms with Gasteiger partial charge >= 0.3 is 0 Å². The predicted molar refractivity (Wildman–Crippen MR) is 110 cm³/mol. The number of rotatable bonds is 8. The first-order chi connectivity index (χ1) is 11.1. The third kappa shape index (κ3) is 8.76. The van der Waals surface area contributed by atoms with E-state index in [1.807, 2.05) is 24.9 Å². The third-order valence-electron chi connectivity index (χ3n) is 3.12. The molecule has 0 unspecified atom stereocenters. The molecule has 0 saturated carbocycles. The van der Waals surface area contributed by atoms with Crippen LogP contribution in [0.5, 0.6) is 5.75 Å². The Morgan fingerprint density at radius 3 is 2.62 bits per heavy atom. The van der Waals surface area contributed by atoms with Gasteiger partial charge in [-0.15, -0.1) is 30.6 Å². The number of halogens is 1. The monoisotopic (exact) mass is 446 g/mol. The number of guanidine groups is 1. The molecular weight excluding hydrogens is 419 g/mol. The summed E-state index contributed by atoms with van der Waals surface area (Å²) in [4.78, 5) is 18.3. The molecule has 0 atom stereocenters. The van der Waals surface area contributed by atoms with Gasteiger partial charge in [0, 0.05) is 25.8 Å². The van der Waals surface area contributed by atoms with E-state index >= 15 is 0 Å². The highest BCUT2D eigenvalue weighted by molar-refractivity contribution is 14.0. The Hall–Kier alpha value is -1.77. The van der Waals surface area contributed by atoms with Crippen LogP contribution in [0.1, 0.15) is 19.8 Å². The first-order valence-electron chi connectivity index (χ1n) is 7.76. The number of allylic oxidation sites excluding steroid dienone is 1. The lowest BCUT2D eigenvalue weighted by molar-refractivity contribution is -0.114. The van der Waals surface area contributed by atoms with Gasteiger partial charge in [0.1, 0.15) is 12.3 Å². The quantitative estimate of drug-likeness (QED) is 0.143. The third-order valence-corrected chi connectivity index (χ3v) is 3.12. The van der Waals surface area contributed by atoms with Crippen molar-refractivity contribution in [2.75, 3.05) is 32.0 Å². The number of carbonyl (C=O) groups is 1. The Morgan fingerprint density at radius 1 is 1.38 bits per heavy atom. The van der Waals surface area contributed by atoms with Gasteiger partial charge in [-0.25, -0.2) is 4.99 Å². The van der Waals surface area contributed by atoms with Crippen LogP contribution in [0.15, 0.2) is 41.9 Å². The SMILES string of the molecule is C=CCCCN(C)C(=NCC(=O)Nc1ccc(O)cc1)NCC.I. The van der Waals surface area contributed by atoms with Crippen molar-refractivity contribution in [1.29, 1.82) is 0 Å². The van der Waals surface area contributed by atoms with Crippen molar-refractivity contribution in [2.24, 2.45) is 4.99 Å². The molecule has 0 saturated heterocycles. The summed E-state index contributed by atoms with van der Waals surface area (Å²) in [5, 5.41) is 15.1. The summed E-state index contributed by atoms with van der Waals surface area (Å²) in [7, 11) is 1.95. The number of phenols is 1. The smallest absolute Gasteiger partial charge is 0.246 e. The fourth-order valence-electron chi connectivity index (χ4n) is 1.94. The minimum absolute atomic E-state index is 0. The van der Waals surface area contributed by atoms with Gasteiger partial charge in [-0.1, -0.05) is 6.08 Å². The largest absolute Gasteiger partial charge is 0.508 e. The van der Waals surface area contributed by atoms with Gasteiger partial charge in [-0.05, 0) is 44.0 Å². The summed E-state index contributed by atoms with van der Waals surface area (Å²) in [5.41, 5.74) is 0.632. The van der Waals surface area contributed by atoms with Crippen molar-refractivity contribution in [3.8, 4) is 5.75 Å². The van der Waals surface area contributed by atoms with Crippen LogP contribution in [0.4, 0.5) is 5.69 Å². The van der Waals surface area contributed by atoms with Gasteiger partial charge in [0.2, 0.25) is 5.91 Å². The van der Waals surface area contributed by atoms with E-state index in [0.29, 0.717) is 11.6 Å². The molecule has 0 aliphatic carbocycles. The molecule has 0 aromatic heterocycles. The van der Waals surface area contributed by atoms with Crippen LogP contribution in [0, 0.1) is 0 Å². The maximum absolute atomic E-state index is 11.9. The summed E-state index contributed by atoms with van der Waals surface area (Å²) in [5.74, 6) is 0.666. The lowest BCUT2D eigenvalue weighted by atomic mass is 10.3. The molecule has 24 heavy (non-hydrogen) atoms. The number of anilines is 1. The molecule has 6 nitrogen and oxygen atoms in total. The van der Waals surface area contributed by atoms with Gasteiger partial charge in [0.25, 0.3) is 0 Å². The molecule has 3 N–H and O–H groups in total. The highest BCUT2D eigenvalue weighted by atomic mass is 127. The zero-order valence-corrected chi connectivity index (χ0v) is 16.6. The van der Waals surface area contributed by atoms with E-state index in [0.717, 1.165) is 25.9 Å². The first-order valence-corrected chi connectivity index (χ1v) is 7.76. The first kappa shape index (κ1) is 22.2. The Balaban J connectivity index is 0.00000529. The summed E-state index contributed by atoms with van der Waals surface area (Å²) in [6.07, 6.45) is 3.83. The van der Waals surface area contributed by atoms with Crippen molar-refractivity contribution in [1.82, 2.24) is 10.2 Å². The number of aromatic hydroxyl groups is 1. The molecule has 0 fully saturated rings. The number of carbonyl (C=O) groups excluding carboxylic acids is 1. The molecule has 0 aliphatic heterocycles. The molecule has 1 aromatic carbocycles. The summed E-state index contributed by atoms with van der Waals surface area (Å²) >= 11 is 0. The van der Waals surface area contributed by atoms with E-state index in [-0.39, 0.29) is 42.2 Å². The lowest BCUT2D eigenvalue weighted by Gasteiger charge is -2.21. The standard InChI is InChI=1S/C17H26N4O2.HI/c1-4-6-7-12-21(3)17(18-5-2)19-13-16(23)20-14-8-10-15(22)11-9-14;/h4,8-11,22H,1,5-7,12-13H2,2-3H3,(H,18,19)(H,20,23);1H. The number of nitrogens with one attached hydrogen (secondary N) is 2. The number of hydrogen-bond donors (Lipinski definition) is 3. The maximum atomic E-state index is 11.9. The van der Waals surface area contributed by atoms with Crippen LogP contribution in [-0.4, -0.2) is 48.6 Å². The molecule has 1 amide bonds. The second kappa shape index (κ2) is 12.6. The Morgan fingerprint density at radius 2 is 2.04 bits per heavy atom. The van der Waals surface area contributed by atoms with Crippen molar-refractivity contribution in [3.63, 3.8) is 0 Å². The van der Waals surface area contributed by atoms with Gasteiger partial charge in [-0.3, -0.25) is 4.79 Å². The highest BCUT2D eigenvalue weighted by Crippen LogP contribution is 2.13. The molecule has 0 radical (unpaired) electrons. The molecule has 7 heteroatoms. The second-order valence-electron chi connectivity index (χ2n) is 5.12. The van der Waals surface area contributed by atoms with E-state index in [9.17, 15) is 9.90 Å². The Bertz CT molecular complexity index is 532. The van der Waals surface area contributed by atoms with Gasteiger partial charge in [0.05, 0.1) is 0 Å². The van der Waals surface area contributed by atoms with E-state index in [1.165, 1.54) is 12.1 Å². The lowest BCUT2D eigenvalue weighted by Crippen LogP contribution is -2.40. The van der Waals surface area contributed by atoms with Crippen molar-refractivity contribution >= 4 is 41.5 Å². The zero-order chi connectivity index (χ0) is 17.1.